The second-order valence-corrected chi connectivity index (χ2v) is 6.16. The van der Waals surface area contributed by atoms with E-state index in [-0.39, 0.29) is 5.03 Å². The first-order chi connectivity index (χ1) is 9.39. The highest BCUT2D eigenvalue weighted by molar-refractivity contribution is 7.90. The van der Waals surface area contributed by atoms with Crippen molar-refractivity contribution < 1.29 is 18.3 Å². The summed E-state index contributed by atoms with van der Waals surface area (Å²) >= 11 is 0. The Kier molecular flexibility index (Phi) is 3.76. The molecule has 1 aromatic heterocycles. The fourth-order valence-corrected chi connectivity index (χ4v) is 2.99. The van der Waals surface area contributed by atoms with E-state index in [1.165, 1.54) is 10.6 Å². The molecule has 0 spiro atoms. The standard InChI is InChI=1S/C14H13NO4S/c1-20(18,19)14-11(7-8-13(16)17)9-10-15(14)12-5-3-2-4-6-12/h2-10H,1H3,(H,16,17). The number of para-hydroxylation sites is 1. The van der Waals surface area contributed by atoms with Gasteiger partial charge in [0.15, 0.2) is 9.84 Å². The van der Waals surface area contributed by atoms with E-state index in [1.807, 2.05) is 6.07 Å². The number of hydrogen-bond donors (Lipinski definition) is 1. The van der Waals surface area contributed by atoms with E-state index >= 15 is 0 Å². The number of aromatic nitrogens is 1. The Balaban J connectivity index is 2.64. The van der Waals surface area contributed by atoms with Crippen molar-refractivity contribution in [2.75, 3.05) is 6.26 Å². The molecule has 5 nitrogen and oxygen atoms in total. The largest absolute Gasteiger partial charge is 0.478 e. The predicted octanol–water partition coefficient (Wildman–Crippen LogP) is 1.98. The van der Waals surface area contributed by atoms with Gasteiger partial charge >= 0.3 is 5.97 Å². The Bertz CT molecular complexity index is 758. The van der Waals surface area contributed by atoms with E-state index < -0.39 is 15.8 Å². The number of carboxylic acids is 1. The molecule has 0 saturated carbocycles. The zero-order valence-electron chi connectivity index (χ0n) is 10.7. The third-order valence-corrected chi connectivity index (χ3v) is 3.79. The van der Waals surface area contributed by atoms with Crippen molar-refractivity contribution >= 4 is 21.9 Å². The van der Waals surface area contributed by atoms with Crippen molar-refractivity contribution in [3.05, 3.63) is 54.2 Å². The van der Waals surface area contributed by atoms with Gasteiger partial charge in [0.25, 0.3) is 0 Å². The molecule has 2 rings (SSSR count). The van der Waals surface area contributed by atoms with Crippen molar-refractivity contribution in [3.63, 3.8) is 0 Å². The number of nitrogens with zero attached hydrogens (tertiary/aromatic N) is 1. The van der Waals surface area contributed by atoms with Crippen LogP contribution in [0.4, 0.5) is 0 Å². The van der Waals surface area contributed by atoms with Crippen molar-refractivity contribution in [1.29, 1.82) is 0 Å². The third-order valence-electron chi connectivity index (χ3n) is 2.66. The van der Waals surface area contributed by atoms with Crippen molar-refractivity contribution in [2.45, 2.75) is 5.03 Å². The molecule has 0 amide bonds. The summed E-state index contributed by atoms with van der Waals surface area (Å²) in [5.74, 6) is -1.13. The first-order valence-electron chi connectivity index (χ1n) is 5.77. The highest BCUT2D eigenvalue weighted by atomic mass is 32.2. The SMILES string of the molecule is CS(=O)(=O)c1c(C=CC(=O)O)ccn1-c1ccccc1. The van der Waals surface area contributed by atoms with Gasteiger partial charge in [-0.1, -0.05) is 18.2 Å². The summed E-state index contributed by atoms with van der Waals surface area (Å²) in [5.41, 5.74) is 1.04. The predicted molar refractivity (Wildman–Crippen MR) is 75.5 cm³/mol. The molecule has 1 aromatic carbocycles. The smallest absolute Gasteiger partial charge is 0.328 e. The Morgan fingerprint density at radius 3 is 2.40 bits per heavy atom. The lowest BCUT2D eigenvalue weighted by molar-refractivity contribution is -0.131. The number of benzene rings is 1. The molecule has 104 valence electrons. The van der Waals surface area contributed by atoms with Crippen LogP contribution in [0.2, 0.25) is 0 Å². The molecular weight excluding hydrogens is 278 g/mol. The Morgan fingerprint density at radius 1 is 1.20 bits per heavy atom. The Hall–Kier alpha value is -2.34. The molecule has 0 fully saturated rings. The second kappa shape index (κ2) is 5.34. The van der Waals surface area contributed by atoms with Crippen LogP contribution in [-0.4, -0.2) is 30.3 Å². The maximum absolute atomic E-state index is 12.0. The van der Waals surface area contributed by atoms with E-state index in [9.17, 15) is 13.2 Å². The van der Waals surface area contributed by atoms with Crippen LogP contribution in [0.25, 0.3) is 11.8 Å². The van der Waals surface area contributed by atoms with Crippen LogP contribution in [0.5, 0.6) is 0 Å². The third kappa shape index (κ3) is 2.97. The molecule has 1 heterocycles. The molecule has 0 unspecified atom stereocenters. The number of rotatable bonds is 4. The quantitative estimate of drug-likeness (QED) is 0.874. The van der Waals surface area contributed by atoms with E-state index in [0.717, 1.165) is 12.3 Å². The van der Waals surface area contributed by atoms with Crippen molar-refractivity contribution in [1.82, 2.24) is 4.57 Å². The average molecular weight is 291 g/mol. The topological polar surface area (TPSA) is 76.4 Å². The van der Waals surface area contributed by atoms with Crippen LogP contribution in [0.3, 0.4) is 0 Å². The van der Waals surface area contributed by atoms with Gasteiger partial charge in [0.1, 0.15) is 5.03 Å². The zero-order valence-corrected chi connectivity index (χ0v) is 11.5. The molecule has 6 heteroatoms. The van der Waals surface area contributed by atoms with Crippen molar-refractivity contribution in [2.24, 2.45) is 0 Å². The summed E-state index contributed by atoms with van der Waals surface area (Å²) in [4.78, 5) is 10.6. The number of sulfone groups is 1. The zero-order chi connectivity index (χ0) is 14.8. The highest BCUT2D eigenvalue weighted by Gasteiger charge is 2.18. The molecule has 0 saturated heterocycles. The lowest BCUT2D eigenvalue weighted by atomic mass is 10.3. The second-order valence-electron chi connectivity index (χ2n) is 4.23. The summed E-state index contributed by atoms with van der Waals surface area (Å²) < 4.78 is 25.4. The minimum absolute atomic E-state index is 0.0706. The van der Waals surface area contributed by atoms with E-state index in [1.54, 1.807) is 36.5 Å². The Labute approximate surface area is 116 Å². The van der Waals surface area contributed by atoms with Gasteiger partial charge in [-0.15, -0.1) is 0 Å². The maximum Gasteiger partial charge on any atom is 0.328 e. The van der Waals surface area contributed by atoms with Gasteiger partial charge in [-0.2, -0.15) is 0 Å². The fourth-order valence-electron chi connectivity index (χ4n) is 1.91. The summed E-state index contributed by atoms with van der Waals surface area (Å²) in [5, 5.41) is 8.72. The summed E-state index contributed by atoms with van der Waals surface area (Å²) in [6, 6.07) is 10.6. The molecule has 0 aliphatic heterocycles. The van der Waals surface area contributed by atoms with E-state index in [0.29, 0.717) is 11.3 Å². The first-order valence-corrected chi connectivity index (χ1v) is 7.66. The van der Waals surface area contributed by atoms with E-state index in [4.69, 9.17) is 5.11 Å². The molecule has 0 aliphatic carbocycles. The van der Waals surface area contributed by atoms with Crippen LogP contribution in [0.15, 0.2) is 53.7 Å². The minimum atomic E-state index is -3.50. The molecule has 0 aliphatic rings. The van der Waals surface area contributed by atoms with Gasteiger partial charge in [-0.25, -0.2) is 13.2 Å². The van der Waals surface area contributed by atoms with Crippen LogP contribution in [0.1, 0.15) is 5.56 Å². The van der Waals surface area contributed by atoms with Gasteiger partial charge in [0, 0.05) is 29.8 Å². The molecule has 2 aromatic rings. The van der Waals surface area contributed by atoms with Crippen LogP contribution < -0.4 is 0 Å². The maximum atomic E-state index is 12.0. The highest BCUT2D eigenvalue weighted by Crippen LogP contribution is 2.23. The number of aliphatic carboxylic acids is 1. The van der Waals surface area contributed by atoms with Crippen LogP contribution >= 0.6 is 0 Å². The molecule has 20 heavy (non-hydrogen) atoms. The lowest BCUT2D eigenvalue weighted by Gasteiger charge is -2.08. The average Bonchev–Trinajstić information content (AvgIpc) is 2.81. The van der Waals surface area contributed by atoms with Gasteiger partial charge in [0.2, 0.25) is 0 Å². The van der Waals surface area contributed by atoms with Crippen molar-refractivity contribution in [3.8, 4) is 5.69 Å². The molecule has 0 atom stereocenters. The van der Waals surface area contributed by atoms with Gasteiger partial charge < -0.3 is 9.67 Å². The monoisotopic (exact) mass is 291 g/mol. The number of hydrogen-bond acceptors (Lipinski definition) is 3. The number of carboxylic acid groups (broad SMARTS) is 1. The fraction of sp³-hybridized carbons (Fsp3) is 0.0714. The van der Waals surface area contributed by atoms with Gasteiger partial charge in [0.05, 0.1) is 0 Å². The molecule has 1 N–H and O–H groups in total. The summed E-state index contributed by atoms with van der Waals surface area (Å²) in [6.07, 6.45) is 4.89. The lowest BCUT2D eigenvalue weighted by Crippen LogP contribution is -2.07. The molecule has 0 bridgehead atoms. The molecular formula is C14H13NO4S. The van der Waals surface area contributed by atoms with Crippen LogP contribution in [0, 0.1) is 0 Å². The van der Waals surface area contributed by atoms with Gasteiger partial charge in [-0.05, 0) is 24.3 Å². The summed E-state index contributed by atoms with van der Waals surface area (Å²) in [7, 11) is -3.50. The van der Waals surface area contributed by atoms with Gasteiger partial charge in [-0.3, -0.25) is 0 Å². The Morgan fingerprint density at radius 2 is 1.85 bits per heavy atom. The van der Waals surface area contributed by atoms with E-state index in [2.05, 4.69) is 0 Å². The molecule has 0 radical (unpaired) electrons. The summed E-state index contributed by atoms with van der Waals surface area (Å²) in [6.45, 7) is 0. The first kappa shape index (κ1) is 14.1. The number of carbonyl (C=O) groups is 1. The van der Waals surface area contributed by atoms with Crippen LogP contribution in [-0.2, 0) is 14.6 Å². The minimum Gasteiger partial charge on any atom is -0.478 e. The normalized spacial score (nSPS) is 11.8.